The first-order valence-electron chi connectivity index (χ1n) is 9.44. The van der Waals surface area contributed by atoms with Crippen molar-refractivity contribution in [2.75, 3.05) is 14.1 Å². The zero-order chi connectivity index (χ0) is 17.0. The van der Waals surface area contributed by atoms with E-state index >= 15 is 0 Å². The molecular weight excluding hydrogens is 324 g/mol. The SMILES string of the molecule is CN(C)C1=CC2=C/C(=C3\CC[n+]4c3sc3ccccc34)CCC2CC1. The summed E-state index contributed by atoms with van der Waals surface area (Å²) < 4.78 is 3.96. The molecule has 3 heteroatoms. The van der Waals surface area contributed by atoms with E-state index in [1.165, 1.54) is 53.0 Å². The molecule has 2 aliphatic carbocycles. The van der Waals surface area contributed by atoms with Gasteiger partial charge in [-0.25, -0.2) is 0 Å². The molecule has 0 amide bonds. The number of aryl methyl sites for hydroxylation is 1. The third-order valence-corrected chi connectivity index (χ3v) is 7.30. The van der Waals surface area contributed by atoms with Crippen molar-refractivity contribution < 1.29 is 4.57 Å². The molecule has 5 rings (SSSR count). The Bertz CT molecular complexity index is 942. The van der Waals surface area contributed by atoms with E-state index in [1.807, 2.05) is 11.3 Å². The highest BCUT2D eigenvalue weighted by Crippen LogP contribution is 2.42. The molecule has 128 valence electrons. The predicted molar refractivity (Wildman–Crippen MR) is 105 cm³/mol. The Balaban J connectivity index is 1.60. The van der Waals surface area contributed by atoms with Gasteiger partial charge < -0.3 is 4.90 Å². The van der Waals surface area contributed by atoms with Gasteiger partial charge in [0, 0.05) is 37.9 Å². The molecule has 0 spiro atoms. The van der Waals surface area contributed by atoms with Crippen molar-refractivity contribution in [2.24, 2.45) is 5.92 Å². The van der Waals surface area contributed by atoms with Crippen molar-refractivity contribution in [2.45, 2.75) is 38.6 Å². The van der Waals surface area contributed by atoms with E-state index < -0.39 is 0 Å². The van der Waals surface area contributed by atoms with Crippen molar-refractivity contribution in [3.8, 4) is 0 Å². The monoisotopic (exact) mass is 349 g/mol. The molecule has 2 aromatic rings. The lowest BCUT2D eigenvalue weighted by Gasteiger charge is -2.31. The smallest absolute Gasteiger partial charge is 0.266 e. The van der Waals surface area contributed by atoms with Gasteiger partial charge in [0.05, 0.1) is 0 Å². The van der Waals surface area contributed by atoms with E-state index in [9.17, 15) is 0 Å². The number of aromatic nitrogens is 1. The molecular formula is C22H25N2S+. The lowest BCUT2D eigenvalue weighted by molar-refractivity contribution is -0.659. The molecule has 0 radical (unpaired) electrons. The van der Waals surface area contributed by atoms with Crippen molar-refractivity contribution in [3.63, 3.8) is 0 Å². The van der Waals surface area contributed by atoms with Gasteiger partial charge in [0.2, 0.25) is 5.52 Å². The lowest BCUT2D eigenvalue weighted by Crippen LogP contribution is -2.30. The van der Waals surface area contributed by atoms with E-state index in [1.54, 1.807) is 16.7 Å². The second kappa shape index (κ2) is 5.84. The number of fused-ring (bicyclic) bond motifs is 4. The van der Waals surface area contributed by atoms with Crippen LogP contribution in [0.5, 0.6) is 0 Å². The van der Waals surface area contributed by atoms with Crippen LogP contribution in [0.3, 0.4) is 0 Å². The van der Waals surface area contributed by atoms with Gasteiger partial charge in [-0.15, -0.1) is 0 Å². The Morgan fingerprint density at radius 2 is 1.88 bits per heavy atom. The summed E-state index contributed by atoms with van der Waals surface area (Å²) in [6.45, 7) is 1.14. The second-order valence-electron chi connectivity index (χ2n) is 7.73. The van der Waals surface area contributed by atoms with E-state index in [0.29, 0.717) is 0 Å². The summed E-state index contributed by atoms with van der Waals surface area (Å²) in [5.74, 6) is 0.781. The van der Waals surface area contributed by atoms with Gasteiger partial charge in [-0.05, 0) is 54.9 Å². The van der Waals surface area contributed by atoms with Crippen LogP contribution in [0.25, 0.3) is 15.8 Å². The average molecular weight is 350 g/mol. The maximum Gasteiger partial charge on any atom is 0.266 e. The summed E-state index contributed by atoms with van der Waals surface area (Å²) in [5, 5.41) is 1.50. The largest absolute Gasteiger partial charge is 0.381 e. The quantitative estimate of drug-likeness (QED) is 0.663. The van der Waals surface area contributed by atoms with Gasteiger partial charge in [-0.1, -0.05) is 29.5 Å². The topological polar surface area (TPSA) is 7.12 Å². The molecule has 2 nitrogen and oxygen atoms in total. The molecule has 3 aliphatic rings. The number of allylic oxidation sites excluding steroid dienone is 6. The van der Waals surface area contributed by atoms with Crippen molar-refractivity contribution in [1.29, 1.82) is 0 Å². The molecule has 0 saturated carbocycles. The summed E-state index contributed by atoms with van der Waals surface area (Å²) in [4.78, 5) is 2.29. The molecule has 1 atom stereocenters. The fourth-order valence-electron chi connectivity index (χ4n) is 4.65. The first-order valence-corrected chi connectivity index (χ1v) is 10.3. The van der Waals surface area contributed by atoms with E-state index in [-0.39, 0.29) is 0 Å². The first-order chi connectivity index (χ1) is 12.2. The zero-order valence-electron chi connectivity index (χ0n) is 15.1. The maximum atomic E-state index is 2.54. The third kappa shape index (κ3) is 2.48. The highest BCUT2D eigenvalue weighted by atomic mass is 32.1. The number of rotatable bonds is 1. The number of hydrogen-bond donors (Lipinski definition) is 0. The standard InChI is InChI=1S/C22H25N2S/c1-23(2)18-10-9-15-7-8-16(13-17(15)14-18)19-11-12-24-20-5-3-4-6-21(20)25-22(19)24/h3-6,13-15H,7-12H2,1-2H3/q+1. The lowest BCUT2D eigenvalue weighted by atomic mass is 9.77. The van der Waals surface area contributed by atoms with Crippen LogP contribution in [0, 0.1) is 5.92 Å². The number of benzene rings is 1. The molecule has 0 saturated heterocycles. The molecule has 0 N–H and O–H groups in total. The molecule has 1 unspecified atom stereocenters. The first kappa shape index (κ1) is 15.4. The van der Waals surface area contributed by atoms with E-state index in [2.05, 4.69) is 60.0 Å². The molecule has 0 fully saturated rings. The number of para-hydroxylation sites is 1. The van der Waals surface area contributed by atoms with Gasteiger partial charge in [0.15, 0.2) is 6.54 Å². The van der Waals surface area contributed by atoms with Gasteiger partial charge >= 0.3 is 0 Å². The summed E-state index contributed by atoms with van der Waals surface area (Å²) >= 11 is 1.98. The van der Waals surface area contributed by atoms with Crippen LogP contribution in [0.4, 0.5) is 0 Å². The van der Waals surface area contributed by atoms with Crippen LogP contribution < -0.4 is 4.57 Å². The van der Waals surface area contributed by atoms with E-state index in [0.717, 1.165) is 12.5 Å². The Hall–Kier alpha value is -1.87. The Morgan fingerprint density at radius 3 is 2.76 bits per heavy atom. The molecule has 25 heavy (non-hydrogen) atoms. The third-order valence-electron chi connectivity index (χ3n) is 6.07. The van der Waals surface area contributed by atoms with Crippen LogP contribution in [-0.2, 0) is 6.54 Å². The predicted octanol–water partition coefficient (Wildman–Crippen LogP) is 4.92. The second-order valence-corrected chi connectivity index (χ2v) is 8.76. The summed E-state index contributed by atoms with van der Waals surface area (Å²) in [6, 6.07) is 8.85. The molecule has 1 aromatic heterocycles. The van der Waals surface area contributed by atoms with Crippen LogP contribution in [-0.4, -0.2) is 19.0 Å². The average Bonchev–Trinajstić information content (AvgIpc) is 3.19. The summed E-state index contributed by atoms with van der Waals surface area (Å²) in [6.07, 6.45) is 11.3. The minimum Gasteiger partial charge on any atom is -0.381 e. The van der Waals surface area contributed by atoms with Crippen LogP contribution in [0.1, 0.15) is 37.1 Å². The van der Waals surface area contributed by atoms with Crippen LogP contribution in [0.15, 0.2) is 53.3 Å². The van der Waals surface area contributed by atoms with Crippen molar-refractivity contribution in [3.05, 3.63) is 58.3 Å². The van der Waals surface area contributed by atoms with Gasteiger partial charge in [-0.2, -0.15) is 4.57 Å². The van der Waals surface area contributed by atoms with Crippen LogP contribution >= 0.6 is 11.3 Å². The van der Waals surface area contributed by atoms with Gasteiger partial charge in [0.25, 0.3) is 5.01 Å². The Kier molecular flexibility index (Phi) is 3.60. The fraction of sp³-hybridized carbons (Fsp3) is 0.409. The van der Waals surface area contributed by atoms with Gasteiger partial charge in [0.1, 0.15) is 4.70 Å². The van der Waals surface area contributed by atoms with Crippen molar-refractivity contribution in [1.82, 2.24) is 4.90 Å². The Morgan fingerprint density at radius 1 is 1.04 bits per heavy atom. The minimum absolute atomic E-state index is 0.781. The normalized spacial score (nSPS) is 25.4. The highest BCUT2D eigenvalue weighted by Gasteiger charge is 2.33. The molecule has 0 bridgehead atoms. The zero-order valence-corrected chi connectivity index (χ0v) is 15.9. The summed E-state index contributed by atoms with van der Waals surface area (Å²) in [7, 11) is 4.35. The molecule has 1 aliphatic heterocycles. The number of hydrogen-bond acceptors (Lipinski definition) is 2. The van der Waals surface area contributed by atoms with Crippen LogP contribution in [0.2, 0.25) is 0 Å². The van der Waals surface area contributed by atoms with Crippen molar-refractivity contribution >= 4 is 27.1 Å². The Labute approximate surface area is 153 Å². The van der Waals surface area contributed by atoms with Gasteiger partial charge in [-0.3, -0.25) is 0 Å². The van der Waals surface area contributed by atoms with E-state index in [4.69, 9.17) is 0 Å². The number of nitrogens with zero attached hydrogens (tertiary/aromatic N) is 2. The highest BCUT2D eigenvalue weighted by molar-refractivity contribution is 7.19. The minimum atomic E-state index is 0.781. The fourth-order valence-corrected chi connectivity index (χ4v) is 5.94. The molecule has 2 heterocycles. The molecule has 1 aromatic carbocycles. The summed E-state index contributed by atoms with van der Waals surface area (Å²) in [5.41, 5.74) is 7.67. The number of thiazole rings is 1. The maximum absolute atomic E-state index is 2.54.